The number of amides is 1. The molecule has 0 spiro atoms. The van der Waals surface area contributed by atoms with E-state index in [1.165, 1.54) is 30.1 Å². The molecule has 0 saturated heterocycles. The lowest BCUT2D eigenvalue weighted by Crippen LogP contribution is -2.20. The molecule has 0 aliphatic rings. The van der Waals surface area contributed by atoms with E-state index in [-0.39, 0.29) is 22.4 Å². The third-order valence-corrected chi connectivity index (χ3v) is 6.43. The summed E-state index contributed by atoms with van der Waals surface area (Å²) >= 11 is 10.5. The van der Waals surface area contributed by atoms with Gasteiger partial charge in [0.1, 0.15) is 5.02 Å². The Bertz CT molecular complexity index is 1400. The number of carbonyl (C=O) groups excluding carboxylic acids is 1. The van der Waals surface area contributed by atoms with Crippen molar-refractivity contribution in [3.8, 4) is 17.1 Å². The Morgan fingerprint density at radius 1 is 1.14 bits per heavy atom. The molecule has 0 atom stereocenters. The lowest BCUT2D eigenvalue weighted by molar-refractivity contribution is -0.384. The number of halogens is 2. The van der Waals surface area contributed by atoms with Gasteiger partial charge in [-0.2, -0.15) is 5.10 Å². The van der Waals surface area contributed by atoms with Crippen molar-refractivity contribution < 1.29 is 9.72 Å². The van der Waals surface area contributed by atoms with Crippen LogP contribution in [0.5, 0.6) is 0 Å². The summed E-state index contributed by atoms with van der Waals surface area (Å²) in [4.78, 5) is 22.8. The summed E-state index contributed by atoms with van der Waals surface area (Å²) in [6.07, 6.45) is 1.31. The number of hydrazone groups is 1. The highest BCUT2D eigenvalue weighted by molar-refractivity contribution is 9.10. The van der Waals surface area contributed by atoms with Crippen molar-refractivity contribution in [3.63, 3.8) is 0 Å². The van der Waals surface area contributed by atoms with E-state index in [0.717, 1.165) is 15.7 Å². The van der Waals surface area contributed by atoms with Gasteiger partial charge in [0.15, 0.2) is 11.0 Å². The Morgan fingerprint density at radius 3 is 2.60 bits per heavy atom. The van der Waals surface area contributed by atoms with Crippen molar-refractivity contribution in [2.45, 2.75) is 5.16 Å². The summed E-state index contributed by atoms with van der Waals surface area (Å²) in [5.41, 5.74) is 4.34. The number of nitrogens with one attached hydrogen (secondary N) is 1. The van der Waals surface area contributed by atoms with Gasteiger partial charge in [0.25, 0.3) is 11.6 Å². The minimum absolute atomic E-state index is 0.0256. The van der Waals surface area contributed by atoms with Gasteiger partial charge >= 0.3 is 0 Å². The zero-order chi connectivity index (χ0) is 24.8. The van der Waals surface area contributed by atoms with Crippen LogP contribution in [-0.4, -0.2) is 37.6 Å². The number of hydrogen-bond donors (Lipinski definition) is 1. The number of para-hydroxylation sites is 1. The Hall–Kier alpha value is -3.54. The Kier molecular flexibility index (Phi) is 7.91. The summed E-state index contributed by atoms with van der Waals surface area (Å²) in [5, 5.41) is 24.1. The summed E-state index contributed by atoms with van der Waals surface area (Å²) < 4.78 is 2.84. The van der Waals surface area contributed by atoms with Crippen LogP contribution >= 0.6 is 39.3 Å². The molecule has 3 aromatic carbocycles. The van der Waals surface area contributed by atoms with Gasteiger partial charge in [-0.1, -0.05) is 75.7 Å². The smallest absolute Gasteiger partial charge is 0.272 e. The molecule has 1 aromatic heterocycles. The molecule has 1 amide bonds. The highest BCUT2D eigenvalue weighted by atomic mass is 79.9. The minimum Gasteiger partial charge on any atom is -0.272 e. The summed E-state index contributed by atoms with van der Waals surface area (Å²) in [7, 11) is 0. The first-order chi connectivity index (χ1) is 16.9. The van der Waals surface area contributed by atoms with E-state index in [2.05, 4.69) is 36.7 Å². The maximum absolute atomic E-state index is 12.4. The zero-order valence-electron chi connectivity index (χ0n) is 17.8. The summed E-state index contributed by atoms with van der Waals surface area (Å²) in [6.45, 7) is 0. The molecule has 1 heterocycles. The van der Waals surface area contributed by atoms with Crippen LogP contribution in [0.2, 0.25) is 5.02 Å². The topological polar surface area (TPSA) is 115 Å². The molecule has 176 valence electrons. The number of nitrogens with zero attached hydrogens (tertiary/aromatic N) is 5. The molecule has 12 heteroatoms. The van der Waals surface area contributed by atoms with E-state index >= 15 is 0 Å². The van der Waals surface area contributed by atoms with E-state index in [9.17, 15) is 14.9 Å². The van der Waals surface area contributed by atoms with Crippen molar-refractivity contribution in [2.75, 3.05) is 5.75 Å². The number of aromatic nitrogens is 3. The van der Waals surface area contributed by atoms with Gasteiger partial charge in [-0.25, -0.2) is 5.43 Å². The highest BCUT2D eigenvalue weighted by Crippen LogP contribution is 2.29. The van der Waals surface area contributed by atoms with Crippen molar-refractivity contribution >= 4 is 57.1 Å². The molecule has 0 aliphatic carbocycles. The molecular weight excluding hydrogens is 556 g/mol. The van der Waals surface area contributed by atoms with Gasteiger partial charge in [-0.3, -0.25) is 19.5 Å². The zero-order valence-corrected chi connectivity index (χ0v) is 21.0. The molecule has 0 saturated carbocycles. The van der Waals surface area contributed by atoms with Gasteiger partial charge in [0.2, 0.25) is 0 Å². The van der Waals surface area contributed by atoms with Crippen LogP contribution < -0.4 is 5.43 Å². The van der Waals surface area contributed by atoms with Crippen molar-refractivity contribution in [1.29, 1.82) is 0 Å². The van der Waals surface area contributed by atoms with Crippen LogP contribution in [0.25, 0.3) is 17.1 Å². The van der Waals surface area contributed by atoms with E-state index in [0.29, 0.717) is 16.5 Å². The number of nitro benzene ring substituents is 1. The van der Waals surface area contributed by atoms with Crippen molar-refractivity contribution in [1.82, 2.24) is 20.2 Å². The lowest BCUT2D eigenvalue weighted by atomic mass is 10.2. The Balaban J connectivity index is 1.47. The van der Waals surface area contributed by atoms with Gasteiger partial charge in [0, 0.05) is 27.4 Å². The van der Waals surface area contributed by atoms with Crippen LogP contribution in [0.1, 0.15) is 5.56 Å². The van der Waals surface area contributed by atoms with Gasteiger partial charge < -0.3 is 0 Å². The number of hydrogen-bond acceptors (Lipinski definition) is 7. The first kappa shape index (κ1) is 24.6. The second-order valence-corrected chi connectivity index (χ2v) is 9.30. The number of rotatable bonds is 8. The third-order valence-electron chi connectivity index (χ3n) is 4.65. The molecule has 0 aliphatic heterocycles. The maximum atomic E-state index is 12.4. The largest absolute Gasteiger partial charge is 0.288 e. The quantitative estimate of drug-likeness (QED) is 0.129. The average molecular weight is 572 g/mol. The van der Waals surface area contributed by atoms with Gasteiger partial charge in [-0.15, -0.1) is 10.2 Å². The highest BCUT2D eigenvalue weighted by Gasteiger charge is 2.17. The second kappa shape index (κ2) is 11.3. The molecule has 1 N–H and O–H groups in total. The molecule has 0 fully saturated rings. The van der Waals surface area contributed by atoms with Gasteiger partial charge in [-0.05, 0) is 30.3 Å². The molecule has 9 nitrogen and oxygen atoms in total. The fourth-order valence-corrected chi connectivity index (χ4v) is 4.25. The first-order valence-corrected chi connectivity index (χ1v) is 12.2. The fraction of sp³-hybridized carbons (Fsp3) is 0.0435. The van der Waals surface area contributed by atoms with Crippen LogP contribution in [0, 0.1) is 10.1 Å². The molecule has 0 bridgehead atoms. The van der Waals surface area contributed by atoms with Crippen molar-refractivity contribution in [2.24, 2.45) is 5.10 Å². The molecule has 0 unspecified atom stereocenters. The molecular formula is C23H16BrClN6O3S. The molecule has 0 radical (unpaired) electrons. The van der Waals surface area contributed by atoms with E-state index in [4.69, 9.17) is 11.6 Å². The SMILES string of the molecule is O=C(CSc1nnc(-c2ccc(Br)cc2)n1-c1ccccc1)NN=Cc1ccc(Cl)c([N+](=O)[O-])c1. The predicted octanol–water partition coefficient (Wildman–Crippen LogP) is 5.50. The van der Waals surface area contributed by atoms with E-state index in [1.54, 1.807) is 6.07 Å². The normalized spacial score (nSPS) is 11.0. The second-order valence-electron chi connectivity index (χ2n) is 7.03. The van der Waals surface area contributed by atoms with Crippen molar-refractivity contribution in [3.05, 3.63) is 98.0 Å². The monoisotopic (exact) mass is 570 g/mol. The predicted molar refractivity (Wildman–Crippen MR) is 139 cm³/mol. The third kappa shape index (κ3) is 6.13. The first-order valence-electron chi connectivity index (χ1n) is 10.1. The number of benzene rings is 3. The van der Waals surface area contributed by atoms with Crippen LogP contribution in [0.3, 0.4) is 0 Å². The summed E-state index contributed by atoms with van der Waals surface area (Å²) in [6, 6.07) is 21.6. The lowest BCUT2D eigenvalue weighted by Gasteiger charge is -2.10. The average Bonchev–Trinajstić information content (AvgIpc) is 3.28. The molecule has 4 rings (SSSR count). The number of nitro groups is 1. The van der Waals surface area contributed by atoms with E-state index in [1.807, 2.05) is 59.2 Å². The molecule has 4 aromatic rings. The Labute approximate surface area is 217 Å². The Morgan fingerprint density at radius 2 is 1.89 bits per heavy atom. The standard InChI is InChI=1S/C23H16BrClN6O3S/c24-17-9-7-16(8-10-17)22-28-29-23(30(22)18-4-2-1-3-5-18)35-14-21(32)27-26-13-15-6-11-19(25)20(12-15)31(33)34/h1-13H,14H2,(H,27,32). The minimum atomic E-state index is -0.583. The van der Waals surface area contributed by atoms with Gasteiger partial charge in [0.05, 0.1) is 16.9 Å². The molecule has 35 heavy (non-hydrogen) atoms. The fourth-order valence-electron chi connectivity index (χ4n) is 3.05. The van der Waals surface area contributed by atoms with Crippen LogP contribution in [-0.2, 0) is 4.79 Å². The van der Waals surface area contributed by atoms with E-state index < -0.39 is 4.92 Å². The van der Waals surface area contributed by atoms with Crippen LogP contribution in [0.15, 0.2) is 87.5 Å². The number of carbonyl (C=O) groups is 1. The number of thioether (sulfide) groups is 1. The summed E-state index contributed by atoms with van der Waals surface area (Å²) in [5.74, 6) is 0.306. The van der Waals surface area contributed by atoms with Crippen LogP contribution in [0.4, 0.5) is 5.69 Å². The maximum Gasteiger partial charge on any atom is 0.288 e.